The topological polar surface area (TPSA) is 90.0 Å². The Morgan fingerprint density at radius 2 is 2.20 bits per heavy atom. The first kappa shape index (κ1) is 14.6. The van der Waals surface area contributed by atoms with Crippen molar-refractivity contribution in [1.29, 1.82) is 0 Å². The molecular weight excluding hydrogens is 283 g/mol. The summed E-state index contributed by atoms with van der Waals surface area (Å²) in [6.45, 7) is 0.104. The van der Waals surface area contributed by atoms with Crippen LogP contribution in [0.4, 0.5) is 4.39 Å². The van der Waals surface area contributed by atoms with Crippen LogP contribution in [0.1, 0.15) is 11.1 Å². The van der Waals surface area contributed by atoms with Crippen LogP contribution in [0.5, 0.6) is 0 Å². The molecule has 1 heterocycles. The van der Waals surface area contributed by atoms with E-state index in [0.29, 0.717) is 5.56 Å². The molecule has 2 aromatic rings. The minimum atomic E-state index is -3.69. The Labute approximate surface area is 116 Å². The zero-order valence-electron chi connectivity index (χ0n) is 10.9. The van der Waals surface area contributed by atoms with Gasteiger partial charge in [0.2, 0.25) is 10.0 Å². The Kier molecular flexibility index (Phi) is 4.17. The number of halogens is 1. The van der Waals surface area contributed by atoms with Gasteiger partial charge in [0.25, 0.3) is 0 Å². The van der Waals surface area contributed by atoms with Gasteiger partial charge < -0.3 is 5.73 Å². The Hall–Kier alpha value is -1.77. The van der Waals surface area contributed by atoms with Gasteiger partial charge in [-0.25, -0.2) is 17.5 Å². The van der Waals surface area contributed by atoms with E-state index >= 15 is 0 Å². The van der Waals surface area contributed by atoms with E-state index in [9.17, 15) is 12.8 Å². The largest absolute Gasteiger partial charge is 0.326 e. The number of sulfonamides is 1. The van der Waals surface area contributed by atoms with Crippen molar-refractivity contribution in [2.45, 2.75) is 18.0 Å². The molecule has 0 fully saturated rings. The second-order valence-corrected chi connectivity index (χ2v) is 6.07. The van der Waals surface area contributed by atoms with Crippen molar-refractivity contribution in [3.63, 3.8) is 0 Å². The second kappa shape index (κ2) is 5.70. The molecule has 6 nitrogen and oxygen atoms in total. The fraction of sp³-hybridized carbons (Fsp3) is 0.250. The summed E-state index contributed by atoms with van der Waals surface area (Å²) in [5.74, 6) is -0.484. The molecule has 0 spiro atoms. The van der Waals surface area contributed by atoms with Gasteiger partial charge in [-0.1, -0.05) is 12.1 Å². The molecule has 0 atom stereocenters. The number of nitrogens with two attached hydrogens (primary N) is 1. The van der Waals surface area contributed by atoms with Crippen LogP contribution in [0.3, 0.4) is 0 Å². The number of nitrogens with zero attached hydrogens (tertiary/aromatic N) is 2. The molecule has 8 heteroatoms. The average molecular weight is 298 g/mol. The maximum atomic E-state index is 13.7. The zero-order chi connectivity index (χ0) is 14.8. The van der Waals surface area contributed by atoms with Crippen molar-refractivity contribution in [2.24, 2.45) is 12.8 Å². The minimum Gasteiger partial charge on any atom is -0.326 e. The van der Waals surface area contributed by atoms with Crippen LogP contribution in [0.2, 0.25) is 0 Å². The SMILES string of the molecule is Cn1cc(S(=O)(=O)NCc2ccc(CN)cc2F)cn1. The second-order valence-electron chi connectivity index (χ2n) is 4.30. The van der Waals surface area contributed by atoms with Crippen molar-refractivity contribution in [1.82, 2.24) is 14.5 Å². The summed E-state index contributed by atoms with van der Waals surface area (Å²) >= 11 is 0. The first-order valence-electron chi connectivity index (χ1n) is 5.88. The lowest BCUT2D eigenvalue weighted by Crippen LogP contribution is -2.23. The molecule has 0 saturated heterocycles. The lowest BCUT2D eigenvalue weighted by molar-refractivity contribution is 0.574. The van der Waals surface area contributed by atoms with Crippen LogP contribution >= 0.6 is 0 Å². The van der Waals surface area contributed by atoms with Crippen LogP contribution in [-0.2, 0) is 30.2 Å². The van der Waals surface area contributed by atoms with Gasteiger partial charge in [-0.15, -0.1) is 0 Å². The first-order chi connectivity index (χ1) is 9.42. The molecule has 0 bridgehead atoms. The van der Waals surface area contributed by atoms with E-state index in [1.807, 2.05) is 0 Å². The molecule has 0 aliphatic heterocycles. The maximum Gasteiger partial charge on any atom is 0.243 e. The predicted octanol–water partition coefficient (Wildman–Crippen LogP) is 0.496. The molecule has 0 aliphatic rings. The highest BCUT2D eigenvalue weighted by atomic mass is 32.2. The third-order valence-electron chi connectivity index (χ3n) is 2.80. The van der Waals surface area contributed by atoms with Gasteiger partial charge in [0, 0.05) is 31.9 Å². The van der Waals surface area contributed by atoms with E-state index in [1.165, 1.54) is 29.2 Å². The average Bonchev–Trinajstić information content (AvgIpc) is 2.85. The molecule has 0 unspecified atom stereocenters. The van der Waals surface area contributed by atoms with Crippen molar-refractivity contribution in [2.75, 3.05) is 0 Å². The Bertz CT molecular complexity index is 712. The first-order valence-corrected chi connectivity index (χ1v) is 7.36. The van der Waals surface area contributed by atoms with E-state index in [2.05, 4.69) is 9.82 Å². The minimum absolute atomic E-state index is 0.0407. The maximum absolute atomic E-state index is 13.7. The van der Waals surface area contributed by atoms with Gasteiger partial charge in [0.1, 0.15) is 10.7 Å². The summed E-state index contributed by atoms with van der Waals surface area (Å²) in [5.41, 5.74) is 6.32. The standard InChI is InChI=1S/C12H15FN4O2S/c1-17-8-11(7-15-17)20(18,19)16-6-10-3-2-9(5-14)4-12(10)13/h2-4,7-8,16H,5-6,14H2,1H3. The van der Waals surface area contributed by atoms with Gasteiger partial charge in [-0.2, -0.15) is 5.10 Å². The van der Waals surface area contributed by atoms with Gasteiger partial charge in [-0.3, -0.25) is 4.68 Å². The van der Waals surface area contributed by atoms with Crippen LogP contribution in [0.15, 0.2) is 35.5 Å². The van der Waals surface area contributed by atoms with E-state index in [4.69, 9.17) is 5.73 Å². The number of hydrogen-bond donors (Lipinski definition) is 2. The molecule has 1 aromatic heterocycles. The van der Waals surface area contributed by atoms with E-state index in [-0.39, 0.29) is 23.5 Å². The fourth-order valence-corrected chi connectivity index (χ4v) is 2.64. The van der Waals surface area contributed by atoms with Crippen LogP contribution in [-0.4, -0.2) is 18.2 Å². The number of rotatable bonds is 5. The number of benzene rings is 1. The number of aryl methyl sites for hydroxylation is 1. The van der Waals surface area contributed by atoms with Gasteiger partial charge in [0.05, 0.1) is 6.20 Å². The number of aromatic nitrogens is 2. The Morgan fingerprint density at radius 1 is 1.45 bits per heavy atom. The van der Waals surface area contributed by atoms with Gasteiger partial charge >= 0.3 is 0 Å². The highest BCUT2D eigenvalue weighted by Crippen LogP contribution is 2.12. The summed E-state index contributed by atoms with van der Waals surface area (Å²) in [6.07, 6.45) is 2.60. The smallest absolute Gasteiger partial charge is 0.243 e. The number of nitrogens with one attached hydrogen (secondary N) is 1. The van der Waals surface area contributed by atoms with Crippen LogP contribution in [0, 0.1) is 5.82 Å². The molecule has 0 saturated carbocycles. The normalized spacial score (nSPS) is 11.8. The van der Waals surface area contributed by atoms with Gasteiger partial charge in [0.15, 0.2) is 0 Å². The molecule has 0 radical (unpaired) electrons. The molecule has 0 aliphatic carbocycles. The van der Waals surface area contributed by atoms with E-state index < -0.39 is 15.8 Å². The molecule has 1 aromatic carbocycles. The zero-order valence-corrected chi connectivity index (χ0v) is 11.7. The number of hydrogen-bond acceptors (Lipinski definition) is 4. The summed E-state index contributed by atoms with van der Waals surface area (Å²) < 4.78 is 41.3. The molecule has 20 heavy (non-hydrogen) atoms. The third-order valence-corrected chi connectivity index (χ3v) is 4.15. The summed E-state index contributed by atoms with van der Waals surface area (Å²) in [5, 5.41) is 3.79. The predicted molar refractivity (Wildman–Crippen MR) is 71.5 cm³/mol. The Morgan fingerprint density at radius 3 is 2.75 bits per heavy atom. The summed E-state index contributed by atoms with van der Waals surface area (Å²) in [4.78, 5) is 0.0407. The molecular formula is C12H15FN4O2S. The summed E-state index contributed by atoms with van der Waals surface area (Å²) in [6, 6.07) is 4.48. The molecule has 108 valence electrons. The lowest BCUT2D eigenvalue weighted by atomic mass is 10.1. The highest BCUT2D eigenvalue weighted by Gasteiger charge is 2.16. The summed E-state index contributed by atoms with van der Waals surface area (Å²) in [7, 11) is -2.08. The lowest BCUT2D eigenvalue weighted by Gasteiger charge is -2.07. The van der Waals surface area contributed by atoms with Crippen molar-refractivity contribution in [3.8, 4) is 0 Å². The molecule has 0 amide bonds. The molecule has 3 N–H and O–H groups in total. The van der Waals surface area contributed by atoms with Crippen molar-refractivity contribution >= 4 is 10.0 Å². The van der Waals surface area contributed by atoms with E-state index in [1.54, 1.807) is 13.1 Å². The third kappa shape index (κ3) is 3.21. The van der Waals surface area contributed by atoms with E-state index in [0.717, 1.165) is 0 Å². The monoisotopic (exact) mass is 298 g/mol. The van der Waals surface area contributed by atoms with Crippen molar-refractivity contribution < 1.29 is 12.8 Å². The molecule has 2 rings (SSSR count). The van der Waals surface area contributed by atoms with Gasteiger partial charge in [-0.05, 0) is 11.6 Å². The Balaban J connectivity index is 2.12. The van der Waals surface area contributed by atoms with Crippen LogP contribution < -0.4 is 10.5 Å². The van der Waals surface area contributed by atoms with Crippen molar-refractivity contribution in [3.05, 3.63) is 47.5 Å². The highest BCUT2D eigenvalue weighted by molar-refractivity contribution is 7.89. The quantitative estimate of drug-likeness (QED) is 0.841. The fourth-order valence-electron chi connectivity index (χ4n) is 1.65. The van der Waals surface area contributed by atoms with Crippen LogP contribution in [0.25, 0.3) is 0 Å².